The molecule has 1 aliphatic rings. The fourth-order valence-corrected chi connectivity index (χ4v) is 4.32. The molecule has 6 heteroatoms. The molecule has 4 rings (SSSR count). The molecule has 5 nitrogen and oxygen atoms in total. The van der Waals surface area contributed by atoms with Gasteiger partial charge in [0.1, 0.15) is 11.1 Å². The van der Waals surface area contributed by atoms with Crippen molar-refractivity contribution in [3.8, 4) is 6.07 Å². The van der Waals surface area contributed by atoms with Crippen LogP contribution in [0.15, 0.2) is 71.8 Å². The van der Waals surface area contributed by atoms with E-state index in [0.717, 1.165) is 23.5 Å². The van der Waals surface area contributed by atoms with Crippen LogP contribution in [0.2, 0.25) is 0 Å². The number of para-hydroxylation sites is 2. The third-order valence-corrected chi connectivity index (χ3v) is 5.89. The maximum absolute atomic E-state index is 13.2. The molecule has 0 saturated carbocycles. The Morgan fingerprint density at radius 3 is 2.27 bits per heavy atom. The Hall–Kier alpha value is -3.43. The number of nitrogens with zero attached hydrogens (tertiary/aromatic N) is 3. The van der Waals surface area contributed by atoms with Gasteiger partial charge in [-0.3, -0.25) is 14.5 Å². The first-order valence-corrected chi connectivity index (χ1v) is 10.7. The number of ketones is 1. The zero-order valence-corrected chi connectivity index (χ0v) is 17.1. The Balaban J connectivity index is 1.60. The summed E-state index contributed by atoms with van der Waals surface area (Å²) in [5, 5.41) is 10.0. The Bertz CT molecular complexity index is 1080. The number of hydrogen-bond acceptors (Lipinski definition) is 5. The summed E-state index contributed by atoms with van der Waals surface area (Å²) in [6.07, 6.45) is 1.98. The largest absolute Gasteiger partial charge is 0.294 e. The Morgan fingerprint density at radius 2 is 1.67 bits per heavy atom. The number of anilines is 2. The molecule has 0 N–H and O–H groups in total. The lowest BCUT2D eigenvalue weighted by Crippen LogP contribution is -2.27. The molecular weight excluding hydrogens is 394 g/mol. The van der Waals surface area contributed by atoms with E-state index >= 15 is 0 Å². The molecule has 0 spiro atoms. The Kier molecular flexibility index (Phi) is 5.92. The number of benzene rings is 2. The predicted octanol–water partition coefficient (Wildman–Crippen LogP) is 4.93. The highest BCUT2D eigenvalue weighted by atomic mass is 32.2. The van der Waals surface area contributed by atoms with Gasteiger partial charge in [0, 0.05) is 23.4 Å². The summed E-state index contributed by atoms with van der Waals surface area (Å²) < 4.78 is 0. The van der Waals surface area contributed by atoms with Crippen LogP contribution in [-0.2, 0) is 11.2 Å². The van der Waals surface area contributed by atoms with Crippen molar-refractivity contribution in [3.63, 3.8) is 0 Å². The number of amides is 1. The minimum absolute atomic E-state index is 0.0345. The number of Topliss-reactive ketones (excluding diaryl/α,β-unsaturated/α-hetero) is 1. The topological polar surface area (TPSA) is 74.1 Å². The van der Waals surface area contributed by atoms with Gasteiger partial charge in [-0.2, -0.15) is 5.26 Å². The molecule has 0 atom stereocenters. The number of fused-ring (bicyclic) bond motifs is 1. The van der Waals surface area contributed by atoms with E-state index in [1.54, 1.807) is 11.0 Å². The van der Waals surface area contributed by atoms with Crippen molar-refractivity contribution in [3.05, 3.63) is 83.6 Å². The number of pyridine rings is 1. The maximum Gasteiger partial charge on any atom is 0.241 e. The van der Waals surface area contributed by atoms with Crippen molar-refractivity contribution in [2.75, 3.05) is 10.7 Å². The van der Waals surface area contributed by atoms with Crippen LogP contribution in [0.25, 0.3) is 0 Å². The van der Waals surface area contributed by atoms with E-state index in [0.29, 0.717) is 29.0 Å². The molecule has 1 aliphatic carbocycles. The van der Waals surface area contributed by atoms with Crippen LogP contribution in [-0.4, -0.2) is 22.4 Å². The molecular formula is C24H19N3O2S. The van der Waals surface area contributed by atoms with Crippen LogP contribution in [0.4, 0.5) is 11.4 Å². The van der Waals surface area contributed by atoms with E-state index in [4.69, 9.17) is 0 Å². The van der Waals surface area contributed by atoms with Crippen molar-refractivity contribution in [1.29, 1.82) is 5.26 Å². The van der Waals surface area contributed by atoms with Gasteiger partial charge in [0.2, 0.25) is 5.91 Å². The third-order valence-electron chi connectivity index (χ3n) is 4.92. The number of rotatable bonds is 5. The average molecular weight is 414 g/mol. The summed E-state index contributed by atoms with van der Waals surface area (Å²) in [5.41, 5.74) is 3.16. The molecule has 0 saturated heterocycles. The average Bonchev–Trinajstić information content (AvgIpc) is 2.79. The summed E-state index contributed by atoms with van der Waals surface area (Å²) in [4.78, 5) is 31.5. The maximum atomic E-state index is 13.2. The molecule has 0 aliphatic heterocycles. The van der Waals surface area contributed by atoms with E-state index in [1.165, 1.54) is 11.8 Å². The highest BCUT2D eigenvalue weighted by molar-refractivity contribution is 8.00. The number of carbonyl (C=O) groups excluding carboxylic acids is 2. The predicted molar refractivity (Wildman–Crippen MR) is 117 cm³/mol. The zero-order chi connectivity index (χ0) is 20.9. The van der Waals surface area contributed by atoms with Crippen molar-refractivity contribution < 1.29 is 9.59 Å². The minimum Gasteiger partial charge on any atom is -0.294 e. The summed E-state index contributed by atoms with van der Waals surface area (Å²) in [6.45, 7) is 0. The van der Waals surface area contributed by atoms with Gasteiger partial charge in [-0.1, -0.05) is 48.2 Å². The van der Waals surface area contributed by atoms with Crippen LogP contribution >= 0.6 is 11.8 Å². The van der Waals surface area contributed by atoms with E-state index in [-0.39, 0.29) is 17.4 Å². The molecule has 0 unspecified atom stereocenters. The SMILES string of the molecule is N#Cc1cc2c(nc1SCC(=O)N(c1ccccc1)c1ccccc1)CCCC2=O. The number of thioether (sulfide) groups is 1. The molecule has 3 aromatic rings. The first-order chi connectivity index (χ1) is 14.7. The van der Waals surface area contributed by atoms with Gasteiger partial charge < -0.3 is 0 Å². The normalized spacial score (nSPS) is 12.7. The summed E-state index contributed by atoms with van der Waals surface area (Å²) in [5.74, 6) is 0.0437. The molecule has 1 aromatic heterocycles. The van der Waals surface area contributed by atoms with Crippen LogP contribution in [0, 0.1) is 11.3 Å². The lowest BCUT2D eigenvalue weighted by molar-refractivity contribution is -0.115. The zero-order valence-electron chi connectivity index (χ0n) is 16.2. The van der Waals surface area contributed by atoms with Gasteiger partial charge in [0.05, 0.1) is 17.0 Å². The van der Waals surface area contributed by atoms with E-state index in [2.05, 4.69) is 11.1 Å². The number of aromatic nitrogens is 1. The van der Waals surface area contributed by atoms with Gasteiger partial charge in [0.25, 0.3) is 0 Å². The van der Waals surface area contributed by atoms with Gasteiger partial charge >= 0.3 is 0 Å². The molecule has 0 bridgehead atoms. The van der Waals surface area contributed by atoms with E-state index in [9.17, 15) is 14.9 Å². The van der Waals surface area contributed by atoms with Crippen LogP contribution < -0.4 is 4.90 Å². The second-order valence-electron chi connectivity index (χ2n) is 6.91. The van der Waals surface area contributed by atoms with E-state index in [1.807, 2.05) is 60.7 Å². The first-order valence-electron chi connectivity index (χ1n) is 9.70. The molecule has 30 heavy (non-hydrogen) atoms. The van der Waals surface area contributed by atoms with Crippen molar-refractivity contribution in [1.82, 2.24) is 4.98 Å². The summed E-state index contributed by atoms with van der Waals surface area (Å²) >= 11 is 1.24. The fraction of sp³-hybridized carbons (Fsp3) is 0.167. The highest BCUT2D eigenvalue weighted by Crippen LogP contribution is 2.30. The van der Waals surface area contributed by atoms with Gasteiger partial charge in [-0.15, -0.1) is 0 Å². The van der Waals surface area contributed by atoms with Gasteiger partial charge in [-0.05, 0) is 43.2 Å². The number of aryl methyl sites for hydroxylation is 1. The van der Waals surface area contributed by atoms with Gasteiger partial charge in [-0.25, -0.2) is 4.98 Å². The quantitative estimate of drug-likeness (QED) is 0.555. The second-order valence-corrected chi connectivity index (χ2v) is 7.88. The van der Waals surface area contributed by atoms with Crippen LogP contribution in [0.5, 0.6) is 0 Å². The number of carbonyl (C=O) groups is 2. The van der Waals surface area contributed by atoms with Crippen molar-refractivity contribution in [2.24, 2.45) is 0 Å². The minimum atomic E-state index is -0.114. The monoisotopic (exact) mass is 413 g/mol. The van der Waals surface area contributed by atoms with Crippen molar-refractivity contribution >= 4 is 34.8 Å². The number of nitriles is 1. The molecule has 148 valence electrons. The lowest BCUT2D eigenvalue weighted by Gasteiger charge is -2.23. The summed E-state index contributed by atoms with van der Waals surface area (Å²) in [7, 11) is 0. The molecule has 1 heterocycles. The molecule has 2 aromatic carbocycles. The number of hydrogen-bond donors (Lipinski definition) is 0. The van der Waals surface area contributed by atoms with E-state index < -0.39 is 0 Å². The third kappa shape index (κ3) is 4.12. The molecule has 1 amide bonds. The second kappa shape index (κ2) is 8.93. The smallest absolute Gasteiger partial charge is 0.241 e. The Morgan fingerprint density at radius 1 is 1.03 bits per heavy atom. The summed E-state index contributed by atoms with van der Waals surface area (Å²) in [6, 6.07) is 22.7. The fourth-order valence-electron chi connectivity index (χ4n) is 3.49. The highest BCUT2D eigenvalue weighted by Gasteiger charge is 2.23. The van der Waals surface area contributed by atoms with Crippen LogP contribution in [0.3, 0.4) is 0 Å². The molecule has 0 radical (unpaired) electrons. The van der Waals surface area contributed by atoms with Crippen LogP contribution in [0.1, 0.15) is 34.5 Å². The standard InChI is InChI=1S/C24H19N3O2S/c25-15-17-14-20-21(12-7-13-22(20)28)26-24(17)30-16-23(29)27(18-8-3-1-4-9-18)19-10-5-2-6-11-19/h1-6,8-11,14H,7,12-13,16H2. The van der Waals surface area contributed by atoms with Crippen molar-refractivity contribution in [2.45, 2.75) is 24.3 Å². The van der Waals surface area contributed by atoms with Gasteiger partial charge in [0.15, 0.2) is 5.78 Å². The Labute approximate surface area is 179 Å². The molecule has 0 fully saturated rings. The first kappa shape index (κ1) is 19.9. The lowest BCUT2D eigenvalue weighted by atomic mass is 9.94.